The molecular weight excluding hydrogens is 364 g/mol. The van der Waals surface area contributed by atoms with Gasteiger partial charge < -0.3 is 14.0 Å². The normalized spacial score (nSPS) is 11.9. The summed E-state index contributed by atoms with van der Waals surface area (Å²) in [5.41, 5.74) is 1.96. The third kappa shape index (κ3) is 4.18. The van der Waals surface area contributed by atoms with Crippen LogP contribution in [0.3, 0.4) is 0 Å². The molecule has 0 aromatic carbocycles. The average molecular weight is 385 g/mol. The fourth-order valence-corrected chi connectivity index (χ4v) is 3.20. The second-order valence-electron chi connectivity index (χ2n) is 6.35. The van der Waals surface area contributed by atoms with Gasteiger partial charge in [-0.15, -0.1) is 0 Å². The number of fused-ring (bicyclic) bond motifs is 1. The van der Waals surface area contributed by atoms with Crippen LogP contribution in [0.1, 0.15) is 10.5 Å². The van der Waals surface area contributed by atoms with Crippen LogP contribution in [0.15, 0.2) is 22.8 Å². The quantitative estimate of drug-likeness (QED) is 0.430. The maximum atomic E-state index is 11.6. The van der Waals surface area contributed by atoms with E-state index in [1.807, 2.05) is 22.9 Å². The van der Waals surface area contributed by atoms with Gasteiger partial charge in [0.1, 0.15) is 6.73 Å². The Kier molecular flexibility index (Phi) is 5.41. The molecule has 0 atom stereocenters. The maximum Gasteiger partial charge on any atom is 0.357 e. The Hall–Kier alpha value is -1.18. The number of hydrogen-bond donors (Lipinski definition) is 0. The van der Waals surface area contributed by atoms with Gasteiger partial charge in [-0.25, -0.2) is 9.78 Å². The number of halogens is 1. The fraction of sp³-hybridized carbons (Fsp3) is 0.467. The lowest BCUT2D eigenvalue weighted by molar-refractivity contribution is 0.0593. The van der Waals surface area contributed by atoms with Crippen LogP contribution in [0, 0.1) is 0 Å². The monoisotopic (exact) mass is 384 g/mol. The molecule has 0 amide bonds. The highest BCUT2D eigenvalue weighted by Crippen LogP contribution is 2.23. The summed E-state index contributed by atoms with van der Waals surface area (Å²) in [7, 11) is 0.274. The van der Waals surface area contributed by atoms with Crippen molar-refractivity contribution in [2.75, 3.05) is 13.7 Å². The van der Waals surface area contributed by atoms with Crippen molar-refractivity contribution >= 4 is 41.0 Å². The molecule has 5 nitrogen and oxygen atoms in total. The van der Waals surface area contributed by atoms with E-state index >= 15 is 0 Å². The van der Waals surface area contributed by atoms with E-state index < -0.39 is 14.0 Å². The van der Waals surface area contributed by atoms with Crippen LogP contribution in [0.5, 0.6) is 0 Å². The molecule has 22 heavy (non-hydrogen) atoms. The van der Waals surface area contributed by atoms with E-state index in [9.17, 15) is 4.79 Å². The number of aromatic nitrogens is 2. The van der Waals surface area contributed by atoms with Gasteiger partial charge in [0.15, 0.2) is 5.69 Å². The van der Waals surface area contributed by atoms with Gasteiger partial charge in [-0.3, -0.25) is 0 Å². The Labute approximate surface area is 139 Å². The zero-order valence-corrected chi connectivity index (χ0v) is 15.9. The van der Waals surface area contributed by atoms with Gasteiger partial charge in [0.05, 0.1) is 22.6 Å². The molecule has 0 aliphatic carbocycles. The van der Waals surface area contributed by atoms with Gasteiger partial charge in [0.2, 0.25) is 0 Å². The molecule has 2 rings (SSSR count). The number of esters is 1. The smallest absolute Gasteiger partial charge is 0.357 e. The summed E-state index contributed by atoms with van der Waals surface area (Å²) in [5, 5.41) is 0. The van der Waals surface area contributed by atoms with Crippen molar-refractivity contribution in [3.8, 4) is 0 Å². The molecule has 0 bridgehead atoms. The number of pyridine rings is 1. The first-order chi connectivity index (χ1) is 10.3. The SMILES string of the molecule is COC(=O)c1nc2ccn(COCC[Si](C)(C)C)c2cc1Br. The molecule has 0 unspecified atom stereocenters. The van der Waals surface area contributed by atoms with E-state index in [-0.39, 0.29) is 5.69 Å². The molecule has 2 aromatic rings. The number of carbonyl (C=O) groups is 1. The van der Waals surface area contributed by atoms with Gasteiger partial charge >= 0.3 is 5.97 Å². The van der Waals surface area contributed by atoms with E-state index in [2.05, 4.69) is 40.6 Å². The largest absolute Gasteiger partial charge is 0.464 e. The van der Waals surface area contributed by atoms with Crippen LogP contribution in [0.2, 0.25) is 25.7 Å². The topological polar surface area (TPSA) is 53.3 Å². The maximum absolute atomic E-state index is 11.6. The Bertz CT molecular complexity index is 679. The molecule has 0 saturated carbocycles. The molecule has 0 fully saturated rings. The predicted molar refractivity (Wildman–Crippen MR) is 92.9 cm³/mol. The minimum atomic E-state index is -1.07. The summed E-state index contributed by atoms with van der Waals surface area (Å²) in [5.74, 6) is -0.451. The Morgan fingerprint density at radius 3 is 2.77 bits per heavy atom. The van der Waals surface area contributed by atoms with E-state index in [0.29, 0.717) is 11.2 Å². The van der Waals surface area contributed by atoms with Crippen LogP contribution in [-0.2, 0) is 16.2 Å². The highest BCUT2D eigenvalue weighted by Gasteiger charge is 2.16. The van der Waals surface area contributed by atoms with Crippen LogP contribution < -0.4 is 0 Å². The second-order valence-corrected chi connectivity index (χ2v) is 12.8. The molecular formula is C15H21BrN2O3Si. The number of ether oxygens (including phenoxy) is 2. The first kappa shape index (κ1) is 17.2. The highest BCUT2D eigenvalue weighted by atomic mass is 79.9. The summed E-state index contributed by atoms with van der Waals surface area (Å²) in [6.45, 7) is 8.24. The van der Waals surface area contributed by atoms with Gasteiger partial charge in [0, 0.05) is 20.9 Å². The summed E-state index contributed by atoms with van der Waals surface area (Å²) >= 11 is 3.37. The Balaban J connectivity index is 2.13. The van der Waals surface area contributed by atoms with E-state index in [1.54, 1.807) is 0 Å². The summed E-state index contributed by atoms with van der Waals surface area (Å²) < 4.78 is 13.1. The van der Waals surface area contributed by atoms with E-state index in [0.717, 1.165) is 23.7 Å². The van der Waals surface area contributed by atoms with Crippen molar-refractivity contribution in [3.63, 3.8) is 0 Å². The van der Waals surface area contributed by atoms with E-state index in [1.165, 1.54) is 7.11 Å². The number of hydrogen-bond acceptors (Lipinski definition) is 4. The van der Waals surface area contributed by atoms with Crippen molar-refractivity contribution in [2.45, 2.75) is 32.4 Å². The molecule has 0 aliphatic heterocycles. The molecule has 0 radical (unpaired) electrons. The van der Waals surface area contributed by atoms with Gasteiger partial charge in [-0.05, 0) is 34.1 Å². The average Bonchev–Trinajstić information content (AvgIpc) is 2.83. The molecule has 2 aromatic heterocycles. The third-order valence-corrected chi connectivity index (χ3v) is 5.62. The number of rotatable bonds is 6. The lowest BCUT2D eigenvalue weighted by Gasteiger charge is -2.15. The lowest BCUT2D eigenvalue weighted by Crippen LogP contribution is -2.21. The Morgan fingerprint density at radius 1 is 1.41 bits per heavy atom. The first-order valence-corrected chi connectivity index (χ1v) is 11.6. The molecule has 2 heterocycles. The number of methoxy groups -OCH3 is 1. The lowest BCUT2D eigenvalue weighted by atomic mass is 10.3. The van der Waals surface area contributed by atoms with Crippen LogP contribution >= 0.6 is 15.9 Å². The predicted octanol–water partition coefficient (Wildman–Crippen LogP) is 3.90. The van der Waals surface area contributed by atoms with E-state index in [4.69, 9.17) is 9.47 Å². The molecule has 0 N–H and O–H groups in total. The zero-order chi connectivity index (χ0) is 16.3. The number of nitrogens with zero attached hydrogens (tertiary/aromatic N) is 2. The van der Waals surface area contributed by atoms with Crippen LogP contribution in [-0.4, -0.2) is 37.3 Å². The minimum Gasteiger partial charge on any atom is -0.464 e. The summed E-state index contributed by atoms with van der Waals surface area (Å²) in [4.78, 5) is 16.0. The van der Waals surface area contributed by atoms with Crippen LogP contribution in [0.4, 0.5) is 0 Å². The van der Waals surface area contributed by atoms with Crippen molar-refractivity contribution in [3.05, 3.63) is 28.5 Å². The first-order valence-electron chi connectivity index (χ1n) is 7.13. The van der Waals surface area contributed by atoms with Crippen molar-refractivity contribution in [1.82, 2.24) is 9.55 Å². The summed E-state index contributed by atoms with van der Waals surface area (Å²) in [6.07, 6.45) is 1.92. The van der Waals surface area contributed by atoms with Crippen LogP contribution in [0.25, 0.3) is 11.0 Å². The van der Waals surface area contributed by atoms with Gasteiger partial charge in [-0.2, -0.15) is 0 Å². The standard InChI is InChI=1S/C15H21BrN2O3Si/c1-20-15(19)14-11(16)9-13-12(17-14)5-6-18(13)10-21-7-8-22(2,3)4/h5-6,9H,7-8,10H2,1-4H3. The summed E-state index contributed by atoms with van der Waals surface area (Å²) in [6, 6.07) is 4.88. The third-order valence-electron chi connectivity index (χ3n) is 3.31. The molecule has 0 saturated heterocycles. The van der Waals surface area contributed by atoms with Crippen molar-refractivity contribution in [1.29, 1.82) is 0 Å². The van der Waals surface area contributed by atoms with Gasteiger partial charge in [0.25, 0.3) is 0 Å². The van der Waals surface area contributed by atoms with Crippen molar-refractivity contribution < 1.29 is 14.3 Å². The molecule has 7 heteroatoms. The highest BCUT2D eigenvalue weighted by molar-refractivity contribution is 9.10. The molecule has 0 spiro atoms. The van der Waals surface area contributed by atoms with Crippen molar-refractivity contribution in [2.24, 2.45) is 0 Å². The Morgan fingerprint density at radius 2 is 2.14 bits per heavy atom. The zero-order valence-electron chi connectivity index (χ0n) is 13.4. The fourth-order valence-electron chi connectivity index (χ4n) is 1.98. The van der Waals surface area contributed by atoms with Gasteiger partial charge in [-0.1, -0.05) is 19.6 Å². The molecule has 120 valence electrons. The second kappa shape index (κ2) is 6.93. The number of carbonyl (C=O) groups excluding carboxylic acids is 1. The minimum absolute atomic E-state index is 0.285. The molecule has 0 aliphatic rings.